The number of amides is 2. The number of hydrogen-bond acceptors (Lipinski definition) is 1. The van der Waals surface area contributed by atoms with E-state index < -0.39 is 0 Å². The summed E-state index contributed by atoms with van der Waals surface area (Å²) in [4.78, 5) is 14.8. The minimum Gasteiger partial charge on any atom is -0.316 e. The van der Waals surface area contributed by atoms with E-state index in [0.29, 0.717) is 13.1 Å². The molecule has 142 valence electrons. The Morgan fingerprint density at radius 3 is 2.18 bits per heavy atom. The lowest BCUT2D eigenvalue weighted by Crippen LogP contribution is -2.35. The monoisotopic (exact) mass is 434 g/mol. The summed E-state index contributed by atoms with van der Waals surface area (Å²) in [6.07, 6.45) is 2.12. The molecule has 4 heteroatoms. The Morgan fingerprint density at radius 2 is 1.54 bits per heavy atom. The molecule has 3 aromatic rings. The molecular weight excluding hydrogens is 412 g/mol. The number of urea groups is 1. The van der Waals surface area contributed by atoms with Gasteiger partial charge in [-0.2, -0.15) is 0 Å². The van der Waals surface area contributed by atoms with Crippen LogP contribution in [0.4, 0.5) is 10.5 Å². The standard InChI is InChI=1S/C24H23BrN2O/c1-19(16-20-8-4-2-5-9-20)17-27(18-21-10-6-3-7-11-21)24(28)26-23-14-12-22(25)13-15-23/h2-16H,17-18H2,1H3,(H,26,28). The molecule has 3 rings (SSSR count). The van der Waals surface area contributed by atoms with Crippen molar-refractivity contribution in [1.29, 1.82) is 0 Å². The normalized spacial score (nSPS) is 11.1. The largest absolute Gasteiger partial charge is 0.322 e. The molecule has 0 spiro atoms. The van der Waals surface area contributed by atoms with Crippen molar-refractivity contribution in [3.63, 3.8) is 0 Å². The summed E-state index contributed by atoms with van der Waals surface area (Å²) in [6.45, 7) is 3.15. The summed E-state index contributed by atoms with van der Waals surface area (Å²) in [6, 6.07) is 27.7. The second kappa shape index (κ2) is 9.90. The second-order valence-electron chi connectivity index (χ2n) is 6.68. The molecule has 0 unspecified atom stereocenters. The van der Waals surface area contributed by atoms with Gasteiger partial charge in [0.1, 0.15) is 0 Å². The van der Waals surface area contributed by atoms with E-state index in [0.717, 1.165) is 26.9 Å². The number of halogens is 1. The van der Waals surface area contributed by atoms with Gasteiger partial charge in [0, 0.05) is 23.2 Å². The maximum Gasteiger partial charge on any atom is 0.322 e. The minimum absolute atomic E-state index is 0.119. The highest BCUT2D eigenvalue weighted by atomic mass is 79.9. The fourth-order valence-electron chi connectivity index (χ4n) is 2.92. The van der Waals surface area contributed by atoms with Crippen LogP contribution in [0.15, 0.2) is 95.0 Å². The molecule has 0 atom stereocenters. The van der Waals surface area contributed by atoms with Crippen molar-refractivity contribution in [2.45, 2.75) is 13.5 Å². The average molecular weight is 435 g/mol. The lowest BCUT2D eigenvalue weighted by molar-refractivity contribution is 0.214. The van der Waals surface area contributed by atoms with Crippen molar-refractivity contribution < 1.29 is 4.79 Å². The minimum atomic E-state index is -0.119. The molecule has 1 N–H and O–H groups in total. The van der Waals surface area contributed by atoms with Crippen molar-refractivity contribution in [1.82, 2.24) is 4.90 Å². The molecule has 0 aliphatic heterocycles. The van der Waals surface area contributed by atoms with Crippen LogP contribution in [0.3, 0.4) is 0 Å². The molecule has 0 bridgehead atoms. The SMILES string of the molecule is CC(=Cc1ccccc1)CN(Cc1ccccc1)C(=O)Nc1ccc(Br)cc1. The van der Waals surface area contributed by atoms with Crippen LogP contribution < -0.4 is 5.32 Å². The zero-order valence-electron chi connectivity index (χ0n) is 15.8. The number of benzene rings is 3. The molecule has 0 radical (unpaired) electrons. The van der Waals surface area contributed by atoms with Gasteiger partial charge < -0.3 is 10.2 Å². The lowest BCUT2D eigenvalue weighted by atomic mass is 10.1. The van der Waals surface area contributed by atoms with E-state index in [4.69, 9.17) is 0 Å². The highest BCUT2D eigenvalue weighted by molar-refractivity contribution is 9.10. The molecule has 28 heavy (non-hydrogen) atoms. The summed E-state index contributed by atoms with van der Waals surface area (Å²) in [7, 11) is 0. The van der Waals surface area contributed by atoms with Gasteiger partial charge in [0.25, 0.3) is 0 Å². The van der Waals surface area contributed by atoms with E-state index in [1.54, 1.807) is 0 Å². The zero-order chi connectivity index (χ0) is 19.8. The third-order valence-electron chi connectivity index (χ3n) is 4.25. The molecule has 3 aromatic carbocycles. The summed E-state index contributed by atoms with van der Waals surface area (Å²) in [5, 5.41) is 3.00. The van der Waals surface area contributed by atoms with Crippen LogP contribution >= 0.6 is 15.9 Å². The Morgan fingerprint density at radius 1 is 0.929 bits per heavy atom. The van der Waals surface area contributed by atoms with Gasteiger partial charge >= 0.3 is 6.03 Å². The second-order valence-corrected chi connectivity index (χ2v) is 7.60. The van der Waals surface area contributed by atoms with Crippen LogP contribution in [0.25, 0.3) is 6.08 Å². The summed E-state index contributed by atoms with van der Waals surface area (Å²) < 4.78 is 0.980. The maximum atomic E-state index is 13.0. The molecule has 0 saturated carbocycles. The smallest absolute Gasteiger partial charge is 0.316 e. The molecule has 3 nitrogen and oxygen atoms in total. The maximum absolute atomic E-state index is 13.0. The van der Waals surface area contributed by atoms with Gasteiger partial charge in [-0.25, -0.2) is 4.79 Å². The molecule has 0 aliphatic carbocycles. The topological polar surface area (TPSA) is 32.3 Å². The van der Waals surface area contributed by atoms with Gasteiger partial charge in [0.15, 0.2) is 0 Å². The van der Waals surface area contributed by atoms with Gasteiger partial charge in [-0.15, -0.1) is 0 Å². The van der Waals surface area contributed by atoms with Crippen LogP contribution in [-0.2, 0) is 6.54 Å². The van der Waals surface area contributed by atoms with Crippen LogP contribution in [0.1, 0.15) is 18.1 Å². The van der Waals surface area contributed by atoms with E-state index in [1.807, 2.05) is 77.7 Å². The van der Waals surface area contributed by atoms with Gasteiger partial charge in [0.2, 0.25) is 0 Å². The van der Waals surface area contributed by atoms with Gasteiger partial charge in [-0.1, -0.05) is 88.2 Å². The Balaban J connectivity index is 1.76. The fraction of sp³-hybridized carbons (Fsp3) is 0.125. The number of carbonyl (C=O) groups is 1. The molecule has 0 aliphatic rings. The Bertz CT molecular complexity index is 922. The first-order valence-corrected chi connectivity index (χ1v) is 9.97. The van der Waals surface area contributed by atoms with Gasteiger partial charge in [0.05, 0.1) is 0 Å². The van der Waals surface area contributed by atoms with E-state index in [2.05, 4.69) is 46.4 Å². The van der Waals surface area contributed by atoms with Crippen LogP contribution in [-0.4, -0.2) is 17.5 Å². The van der Waals surface area contributed by atoms with E-state index in [-0.39, 0.29) is 6.03 Å². The number of anilines is 1. The van der Waals surface area contributed by atoms with E-state index >= 15 is 0 Å². The number of rotatable bonds is 6. The Labute approximate surface area is 174 Å². The van der Waals surface area contributed by atoms with Crippen molar-refractivity contribution in [2.24, 2.45) is 0 Å². The molecule has 0 fully saturated rings. The number of carbonyl (C=O) groups excluding carboxylic acids is 1. The predicted octanol–water partition coefficient (Wildman–Crippen LogP) is 6.59. The van der Waals surface area contributed by atoms with Gasteiger partial charge in [-0.05, 0) is 42.3 Å². The summed E-state index contributed by atoms with van der Waals surface area (Å²) in [5.74, 6) is 0. The number of hydrogen-bond donors (Lipinski definition) is 1. The first kappa shape index (κ1) is 19.9. The molecular formula is C24H23BrN2O. The zero-order valence-corrected chi connectivity index (χ0v) is 17.4. The fourth-order valence-corrected chi connectivity index (χ4v) is 3.18. The molecule has 0 saturated heterocycles. The summed E-state index contributed by atoms with van der Waals surface area (Å²) in [5.41, 5.74) is 4.12. The predicted molar refractivity (Wildman–Crippen MR) is 120 cm³/mol. The highest BCUT2D eigenvalue weighted by Crippen LogP contribution is 2.16. The Kier molecular flexibility index (Phi) is 7.04. The van der Waals surface area contributed by atoms with Crippen molar-refractivity contribution in [3.05, 3.63) is 106 Å². The quantitative estimate of drug-likeness (QED) is 0.466. The van der Waals surface area contributed by atoms with Crippen molar-refractivity contribution in [2.75, 3.05) is 11.9 Å². The Hall–Kier alpha value is -2.85. The van der Waals surface area contributed by atoms with Crippen LogP contribution in [0.2, 0.25) is 0 Å². The molecule has 0 heterocycles. The first-order valence-electron chi connectivity index (χ1n) is 9.18. The van der Waals surface area contributed by atoms with E-state index in [9.17, 15) is 4.79 Å². The van der Waals surface area contributed by atoms with Gasteiger partial charge in [-0.3, -0.25) is 0 Å². The molecule has 0 aromatic heterocycles. The number of nitrogens with zero attached hydrogens (tertiary/aromatic N) is 1. The van der Waals surface area contributed by atoms with Crippen molar-refractivity contribution in [3.8, 4) is 0 Å². The van der Waals surface area contributed by atoms with Crippen molar-refractivity contribution >= 4 is 33.7 Å². The highest BCUT2D eigenvalue weighted by Gasteiger charge is 2.15. The third kappa shape index (κ3) is 6.10. The average Bonchev–Trinajstić information content (AvgIpc) is 2.71. The third-order valence-corrected chi connectivity index (χ3v) is 4.78. The lowest BCUT2D eigenvalue weighted by Gasteiger charge is -2.24. The van der Waals surface area contributed by atoms with E-state index in [1.165, 1.54) is 0 Å². The molecule has 2 amide bonds. The van der Waals surface area contributed by atoms with Crippen LogP contribution in [0, 0.1) is 0 Å². The first-order chi connectivity index (χ1) is 13.6. The number of nitrogens with one attached hydrogen (secondary N) is 1. The van der Waals surface area contributed by atoms with Crippen LogP contribution in [0.5, 0.6) is 0 Å². The summed E-state index contributed by atoms with van der Waals surface area (Å²) >= 11 is 3.42.